The molecule has 0 aromatic carbocycles. The van der Waals surface area contributed by atoms with Crippen LogP contribution in [0.2, 0.25) is 0 Å². The second kappa shape index (κ2) is 5.29. The van der Waals surface area contributed by atoms with Gasteiger partial charge < -0.3 is 5.32 Å². The number of hydrogen-bond acceptors (Lipinski definition) is 3. The van der Waals surface area contributed by atoms with Crippen LogP contribution in [0.5, 0.6) is 0 Å². The van der Waals surface area contributed by atoms with Crippen LogP contribution in [0.15, 0.2) is 9.85 Å². The van der Waals surface area contributed by atoms with Crippen molar-refractivity contribution in [3.63, 3.8) is 0 Å². The standard InChI is InChI=1S/C10H11BrN2OS/c1-6-5-8(15-9(6)11)10(14)13-7(2)3-4-12/h5,7H,3H2,1-2H3,(H,13,14). The van der Waals surface area contributed by atoms with Crippen molar-refractivity contribution < 1.29 is 4.79 Å². The number of rotatable bonds is 3. The molecule has 0 radical (unpaired) electrons. The lowest BCUT2D eigenvalue weighted by Crippen LogP contribution is -2.31. The number of carbonyl (C=O) groups is 1. The smallest absolute Gasteiger partial charge is 0.261 e. The Labute approximate surface area is 101 Å². The Morgan fingerprint density at radius 1 is 1.80 bits per heavy atom. The number of aryl methyl sites for hydroxylation is 1. The Balaban J connectivity index is 2.66. The van der Waals surface area contributed by atoms with E-state index in [1.807, 2.05) is 26.0 Å². The molecule has 1 rings (SSSR count). The minimum atomic E-state index is -0.114. The number of thiophene rings is 1. The number of halogens is 1. The molecular formula is C10H11BrN2OS. The molecule has 5 heteroatoms. The first-order chi connectivity index (χ1) is 7.04. The zero-order valence-electron chi connectivity index (χ0n) is 8.50. The molecule has 1 aromatic rings. The molecule has 1 unspecified atom stereocenters. The molecule has 1 aromatic heterocycles. The zero-order valence-corrected chi connectivity index (χ0v) is 10.9. The van der Waals surface area contributed by atoms with Crippen molar-refractivity contribution in [2.45, 2.75) is 26.3 Å². The van der Waals surface area contributed by atoms with Crippen LogP contribution in [-0.4, -0.2) is 11.9 Å². The number of nitrogens with one attached hydrogen (secondary N) is 1. The summed E-state index contributed by atoms with van der Waals surface area (Å²) in [7, 11) is 0. The van der Waals surface area contributed by atoms with Crippen molar-refractivity contribution in [2.75, 3.05) is 0 Å². The fourth-order valence-electron chi connectivity index (χ4n) is 1.05. The van der Waals surface area contributed by atoms with Gasteiger partial charge in [0.1, 0.15) is 0 Å². The van der Waals surface area contributed by atoms with Crippen molar-refractivity contribution in [3.8, 4) is 6.07 Å². The molecule has 0 spiro atoms. The van der Waals surface area contributed by atoms with E-state index in [0.29, 0.717) is 11.3 Å². The SMILES string of the molecule is Cc1cc(C(=O)NC(C)CC#N)sc1Br. The maximum atomic E-state index is 11.7. The van der Waals surface area contributed by atoms with Gasteiger partial charge >= 0.3 is 0 Å². The number of carbonyl (C=O) groups excluding carboxylic acids is 1. The highest BCUT2D eigenvalue weighted by Crippen LogP contribution is 2.27. The highest BCUT2D eigenvalue weighted by molar-refractivity contribution is 9.11. The summed E-state index contributed by atoms with van der Waals surface area (Å²) < 4.78 is 0.973. The Morgan fingerprint density at radius 2 is 2.47 bits per heavy atom. The van der Waals surface area contributed by atoms with E-state index in [0.717, 1.165) is 9.35 Å². The average molecular weight is 287 g/mol. The molecule has 0 fully saturated rings. The Bertz CT molecular complexity index is 389. The quantitative estimate of drug-likeness (QED) is 0.929. The maximum Gasteiger partial charge on any atom is 0.261 e. The van der Waals surface area contributed by atoms with E-state index >= 15 is 0 Å². The van der Waals surface area contributed by atoms with Crippen LogP contribution in [0.1, 0.15) is 28.6 Å². The molecule has 0 bridgehead atoms. The van der Waals surface area contributed by atoms with Gasteiger partial charge in [0.25, 0.3) is 5.91 Å². The lowest BCUT2D eigenvalue weighted by atomic mass is 10.2. The maximum absolute atomic E-state index is 11.7. The second-order valence-corrected chi connectivity index (χ2v) is 5.67. The van der Waals surface area contributed by atoms with E-state index in [1.54, 1.807) is 0 Å². The number of amides is 1. The fraction of sp³-hybridized carbons (Fsp3) is 0.400. The normalized spacial score (nSPS) is 11.9. The first-order valence-corrected chi connectivity index (χ1v) is 6.09. The summed E-state index contributed by atoms with van der Waals surface area (Å²) in [5.41, 5.74) is 1.05. The Hall–Kier alpha value is -0.860. The summed E-state index contributed by atoms with van der Waals surface area (Å²) in [5.74, 6) is -0.114. The molecular weight excluding hydrogens is 276 g/mol. The van der Waals surface area contributed by atoms with Crippen LogP contribution in [-0.2, 0) is 0 Å². The molecule has 1 N–H and O–H groups in total. The molecule has 0 saturated carbocycles. The lowest BCUT2D eigenvalue weighted by molar-refractivity contribution is 0.0945. The van der Waals surface area contributed by atoms with Crippen LogP contribution < -0.4 is 5.32 Å². The van der Waals surface area contributed by atoms with Crippen LogP contribution in [0.4, 0.5) is 0 Å². The summed E-state index contributed by atoms with van der Waals surface area (Å²) >= 11 is 4.77. The van der Waals surface area contributed by atoms with Crippen molar-refractivity contribution in [2.24, 2.45) is 0 Å². The molecule has 1 amide bonds. The summed E-state index contributed by atoms with van der Waals surface area (Å²) in [6.07, 6.45) is 0.331. The summed E-state index contributed by atoms with van der Waals surface area (Å²) in [4.78, 5) is 12.3. The van der Waals surface area contributed by atoms with Gasteiger partial charge in [-0.1, -0.05) is 0 Å². The van der Waals surface area contributed by atoms with Gasteiger partial charge in [-0.15, -0.1) is 11.3 Å². The Morgan fingerprint density at radius 3 is 2.93 bits per heavy atom. The van der Waals surface area contributed by atoms with Crippen molar-refractivity contribution in [3.05, 3.63) is 20.3 Å². The molecule has 80 valence electrons. The predicted octanol–water partition coefficient (Wildman–Crippen LogP) is 2.85. The highest BCUT2D eigenvalue weighted by Gasteiger charge is 2.13. The van der Waals surface area contributed by atoms with Crippen LogP contribution >= 0.6 is 27.3 Å². The number of hydrogen-bond donors (Lipinski definition) is 1. The molecule has 0 saturated heterocycles. The third kappa shape index (κ3) is 3.33. The van der Waals surface area contributed by atoms with Crippen LogP contribution in [0.3, 0.4) is 0 Å². The lowest BCUT2D eigenvalue weighted by Gasteiger charge is -2.08. The van der Waals surface area contributed by atoms with E-state index in [-0.39, 0.29) is 11.9 Å². The van der Waals surface area contributed by atoms with Crippen molar-refractivity contribution >= 4 is 33.2 Å². The van der Waals surface area contributed by atoms with E-state index in [9.17, 15) is 4.79 Å². The molecule has 0 aliphatic heterocycles. The first-order valence-electron chi connectivity index (χ1n) is 4.48. The predicted molar refractivity (Wildman–Crippen MR) is 63.9 cm³/mol. The van der Waals surface area contributed by atoms with Crippen LogP contribution in [0, 0.1) is 18.3 Å². The van der Waals surface area contributed by atoms with Gasteiger partial charge in [-0.25, -0.2) is 0 Å². The largest absolute Gasteiger partial charge is 0.348 e. The van der Waals surface area contributed by atoms with E-state index in [4.69, 9.17) is 5.26 Å². The zero-order chi connectivity index (χ0) is 11.4. The molecule has 0 aliphatic rings. The third-order valence-corrected chi connectivity index (χ3v) is 3.99. The summed E-state index contributed by atoms with van der Waals surface area (Å²) in [6.45, 7) is 3.76. The Kier molecular flexibility index (Phi) is 4.30. The molecule has 15 heavy (non-hydrogen) atoms. The highest BCUT2D eigenvalue weighted by atomic mass is 79.9. The van der Waals surface area contributed by atoms with Crippen molar-refractivity contribution in [1.82, 2.24) is 5.32 Å². The van der Waals surface area contributed by atoms with Crippen LogP contribution in [0.25, 0.3) is 0 Å². The third-order valence-electron chi connectivity index (χ3n) is 1.86. The van der Waals surface area contributed by atoms with Gasteiger partial charge in [0.05, 0.1) is 21.2 Å². The van der Waals surface area contributed by atoms with E-state index < -0.39 is 0 Å². The van der Waals surface area contributed by atoms with Gasteiger partial charge in [-0.2, -0.15) is 5.26 Å². The second-order valence-electron chi connectivity index (χ2n) is 3.30. The molecule has 1 atom stereocenters. The van der Waals surface area contributed by atoms with Gasteiger partial charge in [-0.3, -0.25) is 4.79 Å². The molecule has 0 aliphatic carbocycles. The van der Waals surface area contributed by atoms with E-state index in [2.05, 4.69) is 21.2 Å². The number of nitriles is 1. The van der Waals surface area contributed by atoms with Gasteiger partial charge in [0.15, 0.2) is 0 Å². The average Bonchev–Trinajstić information content (AvgIpc) is 2.47. The van der Waals surface area contributed by atoms with Crippen molar-refractivity contribution in [1.29, 1.82) is 5.26 Å². The monoisotopic (exact) mass is 286 g/mol. The van der Waals surface area contributed by atoms with Gasteiger partial charge in [-0.05, 0) is 41.4 Å². The first kappa shape index (κ1) is 12.2. The summed E-state index contributed by atoms with van der Waals surface area (Å²) in [6, 6.07) is 3.75. The topological polar surface area (TPSA) is 52.9 Å². The molecule has 1 heterocycles. The van der Waals surface area contributed by atoms with E-state index in [1.165, 1.54) is 11.3 Å². The molecule has 3 nitrogen and oxygen atoms in total. The van der Waals surface area contributed by atoms with Gasteiger partial charge in [0, 0.05) is 6.04 Å². The fourth-order valence-corrected chi connectivity index (χ4v) is 2.49. The number of nitrogens with zero attached hydrogens (tertiary/aromatic N) is 1. The van der Waals surface area contributed by atoms with Gasteiger partial charge in [0.2, 0.25) is 0 Å². The minimum Gasteiger partial charge on any atom is -0.348 e. The summed E-state index contributed by atoms with van der Waals surface area (Å²) in [5, 5.41) is 11.2. The minimum absolute atomic E-state index is 0.108.